The Labute approximate surface area is 215 Å². The van der Waals surface area contributed by atoms with E-state index in [-0.39, 0.29) is 5.92 Å². The molecule has 4 aromatic carbocycles. The first-order valence-electron chi connectivity index (χ1n) is 13.6. The summed E-state index contributed by atoms with van der Waals surface area (Å²) in [6, 6.07) is 36.4. The van der Waals surface area contributed by atoms with Gasteiger partial charge in [0.05, 0.1) is 0 Å². The molecule has 1 saturated carbocycles. The summed E-state index contributed by atoms with van der Waals surface area (Å²) in [6.07, 6.45) is 4.40. The second-order valence-electron chi connectivity index (χ2n) is 10.8. The number of hydrogen-bond acceptors (Lipinski definition) is 2. The molecule has 1 aliphatic carbocycles. The van der Waals surface area contributed by atoms with Crippen LogP contribution < -0.4 is 0 Å². The van der Waals surface area contributed by atoms with E-state index in [0.717, 1.165) is 48.8 Å². The largest absolute Gasteiger partial charge is 0.303 e. The molecule has 0 bridgehead atoms. The molecule has 182 valence electrons. The van der Waals surface area contributed by atoms with Crippen LogP contribution in [0.1, 0.15) is 59.0 Å². The first-order chi connectivity index (χ1) is 17.8. The first-order valence-corrected chi connectivity index (χ1v) is 13.6. The lowest BCUT2D eigenvalue weighted by atomic mass is 9.86. The Balaban J connectivity index is 1.19. The molecule has 0 radical (unpaired) electrons. The van der Waals surface area contributed by atoms with Crippen LogP contribution >= 0.6 is 0 Å². The van der Waals surface area contributed by atoms with Gasteiger partial charge in [-0.3, -0.25) is 4.79 Å². The van der Waals surface area contributed by atoms with Gasteiger partial charge in [-0.15, -0.1) is 0 Å². The van der Waals surface area contributed by atoms with Gasteiger partial charge in [0.2, 0.25) is 0 Å². The maximum absolute atomic E-state index is 13.9. The van der Waals surface area contributed by atoms with Crippen LogP contribution in [-0.2, 0) is 0 Å². The van der Waals surface area contributed by atoms with Crippen LogP contribution in [0.25, 0.3) is 10.8 Å². The van der Waals surface area contributed by atoms with E-state index in [1.807, 2.05) is 18.2 Å². The highest BCUT2D eigenvalue weighted by Crippen LogP contribution is 2.45. The molecule has 4 aromatic rings. The topological polar surface area (TPSA) is 20.3 Å². The summed E-state index contributed by atoms with van der Waals surface area (Å²) < 4.78 is 0. The summed E-state index contributed by atoms with van der Waals surface area (Å²) in [6.45, 7) is 3.40. The van der Waals surface area contributed by atoms with E-state index in [1.54, 1.807) is 0 Å². The fraction of sp³-hybridized carbons (Fsp3) is 0.324. The Morgan fingerprint density at radius 2 is 1.33 bits per heavy atom. The monoisotopic (exact) mass is 473 g/mol. The zero-order chi connectivity index (χ0) is 24.3. The predicted octanol–water partition coefficient (Wildman–Crippen LogP) is 7.71. The number of fused-ring (bicyclic) bond motifs is 1. The molecule has 0 N–H and O–H groups in total. The SMILES string of the molecule is O=C(c1cccc2ccccc12)C1C[C@H](CN2CCC(c3ccccc3)CC2)[C@@H](c2ccccc2)C1. The molecule has 36 heavy (non-hydrogen) atoms. The molecule has 0 aromatic heterocycles. The summed E-state index contributed by atoms with van der Waals surface area (Å²) in [4.78, 5) is 16.5. The minimum absolute atomic E-state index is 0.0906. The van der Waals surface area contributed by atoms with E-state index >= 15 is 0 Å². The van der Waals surface area contributed by atoms with E-state index in [4.69, 9.17) is 0 Å². The number of Topliss-reactive ketones (excluding diaryl/α,β-unsaturated/α-hetero) is 1. The molecule has 1 unspecified atom stereocenters. The fourth-order valence-electron chi connectivity index (χ4n) is 6.82. The minimum Gasteiger partial charge on any atom is -0.303 e. The van der Waals surface area contributed by atoms with Crippen LogP contribution in [0.15, 0.2) is 103 Å². The van der Waals surface area contributed by atoms with Gasteiger partial charge in [-0.05, 0) is 78.4 Å². The number of piperidine rings is 1. The van der Waals surface area contributed by atoms with Gasteiger partial charge in [0.15, 0.2) is 5.78 Å². The zero-order valence-electron chi connectivity index (χ0n) is 20.9. The molecule has 1 saturated heterocycles. The van der Waals surface area contributed by atoms with Gasteiger partial charge in [0.1, 0.15) is 0 Å². The van der Waals surface area contributed by atoms with Crippen LogP contribution in [0.5, 0.6) is 0 Å². The molecule has 2 fully saturated rings. The lowest BCUT2D eigenvalue weighted by Gasteiger charge is -2.35. The summed E-state index contributed by atoms with van der Waals surface area (Å²) >= 11 is 0. The van der Waals surface area contributed by atoms with Crippen molar-refractivity contribution in [2.45, 2.75) is 37.5 Å². The Hall–Kier alpha value is -3.23. The third-order valence-corrected chi connectivity index (χ3v) is 8.70. The van der Waals surface area contributed by atoms with Gasteiger partial charge >= 0.3 is 0 Å². The number of likely N-dealkylation sites (tertiary alicyclic amines) is 1. The third kappa shape index (κ3) is 4.75. The summed E-state index contributed by atoms with van der Waals surface area (Å²) in [5.74, 6) is 2.06. The highest BCUT2D eigenvalue weighted by atomic mass is 16.1. The summed E-state index contributed by atoms with van der Waals surface area (Å²) in [5, 5.41) is 2.24. The highest BCUT2D eigenvalue weighted by molar-refractivity contribution is 6.09. The smallest absolute Gasteiger partial charge is 0.166 e. The van der Waals surface area contributed by atoms with Gasteiger partial charge < -0.3 is 4.90 Å². The van der Waals surface area contributed by atoms with Gasteiger partial charge in [-0.2, -0.15) is 0 Å². The lowest BCUT2D eigenvalue weighted by molar-refractivity contribution is 0.0918. The quantitative estimate of drug-likeness (QED) is 0.267. The average molecular weight is 474 g/mol. The van der Waals surface area contributed by atoms with Crippen molar-refractivity contribution in [1.82, 2.24) is 4.90 Å². The van der Waals surface area contributed by atoms with Crippen molar-refractivity contribution in [2.75, 3.05) is 19.6 Å². The van der Waals surface area contributed by atoms with E-state index < -0.39 is 0 Å². The second-order valence-corrected chi connectivity index (χ2v) is 10.8. The number of hydrogen-bond donors (Lipinski definition) is 0. The molecule has 0 spiro atoms. The number of nitrogens with zero attached hydrogens (tertiary/aromatic N) is 1. The normalized spacial score (nSPS) is 23.2. The molecule has 1 heterocycles. The predicted molar refractivity (Wildman–Crippen MR) is 149 cm³/mol. The average Bonchev–Trinajstić information content (AvgIpc) is 3.37. The number of rotatable bonds is 6. The Kier molecular flexibility index (Phi) is 6.70. The lowest BCUT2D eigenvalue weighted by Crippen LogP contribution is -2.37. The van der Waals surface area contributed by atoms with E-state index in [2.05, 4.69) is 89.8 Å². The minimum atomic E-state index is 0.0906. The molecule has 0 amide bonds. The number of benzene rings is 4. The van der Waals surface area contributed by atoms with Crippen molar-refractivity contribution in [3.05, 3.63) is 120 Å². The molecule has 2 nitrogen and oxygen atoms in total. The highest BCUT2D eigenvalue weighted by Gasteiger charge is 2.40. The van der Waals surface area contributed by atoms with Crippen molar-refractivity contribution in [1.29, 1.82) is 0 Å². The first kappa shape index (κ1) is 23.2. The number of carbonyl (C=O) groups excluding carboxylic acids is 1. The van der Waals surface area contributed by atoms with Crippen LogP contribution in [-0.4, -0.2) is 30.3 Å². The van der Waals surface area contributed by atoms with Crippen LogP contribution in [0.3, 0.4) is 0 Å². The van der Waals surface area contributed by atoms with E-state index in [9.17, 15) is 4.79 Å². The van der Waals surface area contributed by atoms with Crippen molar-refractivity contribution in [3.8, 4) is 0 Å². The van der Waals surface area contributed by atoms with Gasteiger partial charge in [0.25, 0.3) is 0 Å². The molecule has 2 heteroatoms. The summed E-state index contributed by atoms with van der Waals surface area (Å²) in [7, 11) is 0. The molecule has 6 rings (SSSR count). The van der Waals surface area contributed by atoms with Crippen molar-refractivity contribution in [2.24, 2.45) is 11.8 Å². The fourth-order valence-corrected chi connectivity index (χ4v) is 6.82. The number of ketones is 1. The van der Waals surface area contributed by atoms with E-state index in [0.29, 0.717) is 23.5 Å². The van der Waals surface area contributed by atoms with Crippen molar-refractivity contribution in [3.63, 3.8) is 0 Å². The molecule has 1 aliphatic heterocycles. The maximum Gasteiger partial charge on any atom is 0.166 e. The van der Waals surface area contributed by atoms with Gasteiger partial charge in [-0.25, -0.2) is 0 Å². The molecular formula is C34H35NO. The Morgan fingerprint density at radius 3 is 2.08 bits per heavy atom. The number of carbonyl (C=O) groups is 1. The van der Waals surface area contributed by atoms with Crippen LogP contribution in [0.2, 0.25) is 0 Å². The molecule has 3 atom stereocenters. The molecule has 2 aliphatic rings. The van der Waals surface area contributed by atoms with E-state index in [1.165, 1.54) is 24.0 Å². The third-order valence-electron chi connectivity index (χ3n) is 8.70. The van der Waals surface area contributed by atoms with Gasteiger partial charge in [-0.1, -0.05) is 103 Å². The Bertz CT molecular complexity index is 1300. The maximum atomic E-state index is 13.9. The standard InChI is InChI=1S/C34H35NO/c36-34(32-17-9-15-27-14-7-8-16-31(27)32)29-22-30(33(23-29)28-12-5-2-6-13-28)24-35-20-18-26(19-21-35)25-10-3-1-4-11-25/h1-17,26,29-30,33H,18-24H2/t29?,30-,33-/m1/s1. The van der Waals surface area contributed by atoms with Crippen LogP contribution in [0, 0.1) is 11.8 Å². The van der Waals surface area contributed by atoms with Crippen LogP contribution in [0.4, 0.5) is 0 Å². The molecular weight excluding hydrogens is 438 g/mol. The van der Waals surface area contributed by atoms with Crippen molar-refractivity contribution < 1.29 is 4.79 Å². The summed E-state index contributed by atoms with van der Waals surface area (Å²) in [5.41, 5.74) is 3.78. The second kappa shape index (κ2) is 10.4. The van der Waals surface area contributed by atoms with Gasteiger partial charge in [0, 0.05) is 18.0 Å². The zero-order valence-corrected chi connectivity index (χ0v) is 20.9. The Morgan fingerprint density at radius 1 is 0.694 bits per heavy atom. The van der Waals surface area contributed by atoms with Crippen molar-refractivity contribution >= 4 is 16.6 Å².